The number of aryl methyl sites for hydroxylation is 1. The van der Waals surface area contributed by atoms with Crippen LogP contribution in [0.3, 0.4) is 0 Å². The van der Waals surface area contributed by atoms with E-state index in [9.17, 15) is 9.59 Å². The van der Waals surface area contributed by atoms with E-state index in [1.165, 1.54) is 6.26 Å². The van der Waals surface area contributed by atoms with Gasteiger partial charge in [-0.05, 0) is 31.2 Å². The molecule has 0 radical (unpaired) electrons. The highest BCUT2D eigenvalue weighted by Gasteiger charge is 2.23. The Kier molecular flexibility index (Phi) is 4.75. The standard InChI is InChI=1S/C14H21NO4/c1-9-7-10(8-19-9)12(16)15-11(13(17)18)5-6-14(2,3)4/h7-8,11H,5-6H2,1-4H3,(H,15,16)(H,17,18). The average molecular weight is 267 g/mol. The van der Waals surface area contributed by atoms with Gasteiger partial charge < -0.3 is 14.8 Å². The fourth-order valence-electron chi connectivity index (χ4n) is 1.64. The minimum Gasteiger partial charge on any atom is -0.480 e. The molecule has 5 nitrogen and oxygen atoms in total. The maximum absolute atomic E-state index is 11.9. The Labute approximate surface area is 113 Å². The summed E-state index contributed by atoms with van der Waals surface area (Å²) in [5.74, 6) is -0.817. The molecular weight excluding hydrogens is 246 g/mol. The molecule has 0 spiro atoms. The largest absolute Gasteiger partial charge is 0.480 e. The third-order valence-corrected chi connectivity index (χ3v) is 2.78. The molecule has 5 heteroatoms. The summed E-state index contributed by atoms with van der Waals surface area (Å²) >= 11 is 0. The van der Waals surface area contributed by atoms with Crippen molar-refractivity contribution in [1.82, 2.24) is 5.32 Å². The first-order chi connectivity index (χ1) is 8.69. The summed E-state index contributed by atoms with van der Waals surface area (Å²) in [5.41, 5.74) is 0.379. The van der Waals surface area contributed by atoms with Crippen LogP contribution in [0.4, 0.5) is 0 Å². The summed E-state index contributed by atoms with van der Waals surface area (Å²) in [7, 11) is 0. The Hall–Kier alpha value is -1.78. The first-order valence-electron chi connectivity index (χ1n) is 6.28. The SMILES string of the molecule is Cc1cc(C(=O)NC(CCC(C)(C)C)C(=O)O)co1. The molecular formula is C14H21NO4. The van der Waals surface area contributed by atoms with Gasteiger partial charge in [-0.1, -0.05) is 20.8 Å². The molecule has 1 unspecified atom stereocenters. The summed E-state index contributed by atoms with van der Waals surface area (Å²) in [6, 6.07) is 0.708. The highest BCUT2D eigenvalue weighted by atomic mass is 16.4. The lowest BCUT2D eigenvalue weighted by Crippen LogP contribution is -2.41. The molecule has 19 heavy (non-hydrogen) atoms. The molecule has 1 aromatic rings. The van der Waals surface area contributed by atoms with E-state index in [1.54, 1.807) is 13.0 Å². The number of carbonyl (C=O) groups excluding carboxylic acids is 1. The fourth-order valence-corrected chi connectivity index (χ4v) is 1.64. The lowest BCUT2D eigenvalue weighted by atomic mass is 9.88. The summed E-state index contributed by atoms with van der Waals surface area (Å²) < 4.78 is 5.03. The van der Waals surface area contributed by atoms with Gasteiger partial charge in [-0.3, -0.25) is 4.79 Å². The Bertz CT molecular complexity index is 456. The first kappa shape index (κ1) is 15.3. The fraction of sp³-hybridized carbons (Fsp3) is 0.571. The van der Waals surface area contributed by atoms with Crippen LogP contribution in [0.25, 0.3) is 0 Å². The molecule has 0 bridgehead atoms. The molecule has 1 heterocycles. The van der Waals surface area contributed by atoms with Gasteiger partial charge in [-0.25, -0.2) is 4.79 Å². The molecule has 1 atom stereocenters. The summed E-state index contributed by atoms with van der Waals surface area (Å²) in [6.45, 7) is 7.83. The normalized spacial score (nSPS) is 13.1. The van der Waals surface area contributed by atoms with Crippen molar-refractivity contribution in [2.45, 2.75) is 46.6 Å². The number of nitrogens with one attached hydrogen (secondary N) is 1. The molecule has 0 aliphatic rings. The monoisotopic (exact) mass is 267 g/mol. The number of hydrogen-bond acceptors (Lipinski definition) is 3. The van der Waals surface area contributed by atoms with Crippen LogP contribution < -0.4 is 5.32 Å². The highest BCUT2D eigenvalue weighted by Crippen LogP contribution is 2.21. The van der Waals surface area contributed by atoms with Crippen molar-refractivity contribution < 1.29 is 19.1 Å². The van der Waals surface area contributed by atoms with E-state index >= 15 is 0 Å². The Balaban J connectivity index is 2.63. The lowest BCUT2D eigenvalue weighted by molar-refractivity contribution is -0.139. The molecule has 1 aromatic heterocycles. The number of carboxylic acid groups (broad SMARTS) is 1. The molecule has 1 amide bonds. The predicted octanol–water partition coefficient (Wildman–Crippen LogP) is 2.60. The Morgan fingerprint density at radius 2 is 2.05 bits per heavy atom. The maximum Gasteiger partial charge on any atom is 0.326 e. The topological polar surface area (TPSA) is 79.5 Å². The number of aliphatic carboxylic acids is 1. The number of amides is 1. The number of rotatable bonds is 5. The van der Waals surface area contributed by atoms with Crippen molar-refractivity contribution in [3.05, 3.63) is 23.7 Å². The highest BCUT2D eigenvalue weighted by molar-refractivity contribution is 5.96. The van der Waals surface area contributed by atoms with Gasteiger partial charge in [0.25, 0.3) is 5.91 Å². The van der Waals surface area contributed by atoms with Gasteiger partial charge in [0.2, 0.25) is 0 Å². The van der Waals surface area contributed by atoms with Gasteiger partial charge >= 0.3 is 5.97 Å². The van der Waals surface area contributed by atoms with E-state index in [0.29, 0.717) is 24.2 Å². The van der Waals surface area contributed by atoms with Crippen LogP contribution in [0.5, 0.6) is 0 Å². The zero-order valence-corrected chi connectivity index (χ0v) is 11.8. The summed E-state index contributed by atoms with van der Waals surface area (Å²) in [5, 5.41) is 11.7. The second kappa shape index (κ2) is 5.91. The maximum atomic E-state index is 11.9. The van der Waals surface area contributed by atoms with Gasteiger partial charge in [0.05, 0.1) is 5.56 Å². The van der Waals surface area contributed by atoms with E-state index in [-0.39, 0.29) is 5.41 Å². The molecule has 0 aliphatic carbocycles. The number of hydrogen-bond donors (Lipinski definition) is 2. The van der Waals surface area contributed by atoms with Gasteiger partial charge in [-0.15, -0.1) is 0 Å². The van der Waals surface area contributed by atoms with Crippen LogP contribution in [0.1, 0.15) is 49.7 Å². The molecule has 106 valence electrons. The number of carboxylic acids is 1. The smallest absolute Gasteiger partial charge is 0.326 e. The van der Waals surface area contributed by atoms with Crippen molar-refractivity contribution in [1.29, 1.82) is 0 Å². The third kappa shape index (κ3) is 5.16. The van der Waals surface area contributed by atoms with Crippen LogP contribution in [-0.2, 0) is 4.79 Å². The lowest BCUT2D eigenvalue weighted by Gasteiger charge is -2.21. The van der Waals surface area contributed by atoms with Gasteiger partial charge in [0.15, 0.2) is 0 Å². The van der Waals surface area contributed by atoms with Crippen LogP contribution in [-0.4, -0.2) is 23.0 Å². The second-order valence-electron chi connectivity index (χ2n) is 5.91. The van der Waals surface area contributed by atoms with Crippen LogP contribution in [0.15, 0.2) is 16.7 Å². The Morgan fingerprint density at radius 3 is 2.47 bits per heavy atom. The molecule has 0 aliphatic heterocycles. The van der Waals surface area contributed by atoms with Crippen molar-refractivity contribution in [2.24, 2.45) is 5.41 Å². The van der Waals surface area contributed by atoms with Crippen molar-refractivity contribution >= 4 is 11.9 Å². The molecule has 0 saturated heterocycles. The molecule has 0 aromatic carbocycles. The molecule has 1 rings (SSSR count). The average Bonchev–Trinajstić information content (AvgIpc) is 2.69. The quantitative estimate of drug-likeness (QED) is 0.859. The summed E-state index contributed by atoms with van der Waals surface area (Å²) in [4.78, 5) is 23.0. The van der Waals surface area contributed by atoms with E-state index in [4.69, 9.17) is 9.52 Å². The van der Waals surface area contributed by atoms with Crippen molar-refractivity contribution in [2.75, 3.05) is 0 Å². The zero-order valence-electron chi connectivity index (χ0n) is 11.8. The Morgan fingerprint density at radius 1 is 1.42 bits per heavy atom. The van der Waals surface area contributed by atoms with Gasteiger partial charge in [-0.2, -0.15) is 0 Å². The van der Waals surface area contributed by atoms with Crippen molar-refractivity contribution in [3.63, 3.8) is 0 Å². The number of furan rings is 1. The van der Waals surface area contributed by atoms with Gasteiger partial charge in [0.1, 0.15) is 18.1 Å². The number of carbonyl (C=O) groups is 2. The van der Waals surface area contributed by atoms with Crippen LogP contribution >= 0.6 is 0 Å². The third-order valence-electron chi connectivity index (χ3n) is 2.78. The summed E-state index contributed by atoms with van der Waals surface area (Å²) in [6.07, 6.45) is 2.45. The predicted molar refractivity (Wildman–Crippen MR) is 71.0 cm³/mol. The van der Waals surface area contributed by atoms with E-state index in [1.807, 2.05) is 20.8 Å². The molecule has 0 fully saturated rings. The minimum atomic E-state index is -1.02. The zero-order chi connectivity index (χ0) is 14.6. The first-order valence-corrected chi connectivity index (χ1v) is 6.28. The second-order valence-corrected chi connectivity index (χ2v) is 5.91. The van der Waals surface area contributed by atoms with E-state index in [0.717, 1.165) is 0 Å². The van der Waals surface area contributed by atoms with E-state index < -0.39 is 17.9 Å². The van der Waals surface area contributed by atoms with Crippen LogP contribution in [0.2, 0.25) is 0 Å². The van der Waals surface area contributed by atoms with Gasteiger partial charge in [0, 0.05) is 0 Å². The van der Waals surface area contributed by atoms with Crippen LogP contribution in [0, 0.1) is 12.3 Å². The molecule has 0 saturated carbocycles. The van der Waals surface area contributed by atoms with Crippen molar-refractivity contribution in [3.8, 4) is 0 Å². The minimum absolute atomic E-state index is 0.0324. The van der Waals surface area contributed by atoms with E-state index in [2.05, 4.69) is 5.32 Å². The molecule has 2 N–H and O–H groups in total.